The number of sulfonamides is 1. The van der Waals surface area contributed by atoms with E-state index in [2.05, 4.69) is 21.2 Å². The van der Waals surface area contributed by atoms with Crippen molar-refractivity contribution < 1.29 is 18.0 Å². The van der Waals surface area contributed by atoms with Crippen LogP contribution in [0.1, 0.15) is 39.2 Å². The molecule has 0 aliphatic carbocycles. The van der Waals surface area contributed by atoms with Gasteiger partial charge in [0.25, 0.3) is 10.0 Å². The first-order valence-electron chi connectivity index (χ1n) is 12.8. The Kier molecular flexibility index (Phi) is 11.5. The van der Waals surface area contributed by atoms with E-state index in [-0.39, 0.29) is 23.4 Å². The third kappa shape index (κ3) is 8.00. The van der Waals surface area contributed by atoms with E-state index >= 15 is 0 Å². The highest BCUT2D eigenvalue weighted by Crippen LogP contribution is 2.28. The second kappa shape index (κ2) is 14.3. The molecule has 2 amide bonds. The van der Waals surface area contributed by atoms with Crippen molar-refractivity contribution in [2.45, 2.75) is 57.1 Å². The van der Waals surface area contributed by atoms with Crippen LogP contribution in [0.3, 0.4) is 0 Å². The van der Waals surface area contributed by atoms with Crippen LogP contribution in [0.15, 0.2) is 82.2 Å². The van der Waals surface area contributed by atoms with Crippen molar-refractivity contribution in [3.63, 3.8) is 0 Å². The summed E-state index contributed by atoms with van der Waals surface area (Å²) in [5.41, 5.74) is 0.954. The van der Waals surface area contributed by atoms with Gasteiger partial charge in [-0.3, -0.25) is 13.9 Å². The number of benzene rings is 3. The number of nitrogens with one attached hydrogen (secondary N) is 1. The maximum absolute atomic E-state index is 14.1. The topological polar surface area (TPSA) is 86.8 Å². The zero-order chi connectivity index (χ0) is 29.4. The number of hydrogen-bond acceptors (Lipinski definition) is 4. The predicted molar refractivity (Wildman–Crippen MR) is 164 cm³/mol. The average Bonchev–Trinajstić information content (AvgIpc) is 2.93. The summed E-state index contributed by atoms with van der Waals surface area (Å²) in [6, 6.07) is 18.7. The molecular formula is C29H32BrCl2N3O4S. The van der Waals surface area contributed by atoms with Gasteiger partial charge in [-0.25, -0.2) is 8.42 Å². The fourth-order valence-electron chi connectivity index (χ4n) is 4.07. The largest absolute Gasteiger partial charge is 0.352 e. The van der Waals surface area contributed by atoms with E-state index in [0.717, 1.165) is 10.7 Å². The van der Waals surface area contributed by atoms with Crippen LogP contribution in [0.25, 0.3) is 0 Å². The van der Waals surface area contributed by atoms with Gasteiger partial charge in [-0.2, -0.15) is 0 Å². The summed E-state index contributed by atoms with van der Waals surface area (Å²) in [4.78, 5) is 28.9. The summed E-state index contributed by atoms with van der Waals surface area (Å²) < 4.78 is 29.4. The Hall–Kier alpha value is -2.59. The van der Waals surface area contributed by atoms with E-state index < -0.39 is 28.5 Å². The normalized spacial score (nSPS) is 12.8. The first-order chi connectivity index (χ1) is 19.0. The molecule has 0 saturated heterocycles. The molecule has 0 fully saturated rings. The van der Waals surface area contributed by atoms with Gasteiger partial charge < -0.3 is 10.2 Å². The van der Waals surface area contributed by atoms with E-state index in [4.69, 9.17) is 23.2 Å². The highest BCUT2D eigenvalue weighted by atomic mass is 79.9. The van der Waals surface area contributed by atoms with Gasteiger partial charge in [-0.1, -0.05) is 83.3 Å². The van der Waals surface area contributed by atoms with Crippen molar-refractivity contribution >= 4 is 66.7 Å². The molecule has 0 aromatic heterocycles. The van der Waals surface area contributed by atoms with Gasteiger partial charge in [0.05, 0.1) is 20.6 Å². The number of amides is 2. The summed E-state index contributed by atoms with van der Waals surface area (Å²) >= 11 is 15.7. The van der Waals surface area contributed by atoms with Crippen molar-refractivity contribution in [2.75, 3.05) is 10.8 Å². The van der Waals surface area contributed by atoms with Crippen LogP contribution in [0.4, 0.5) is 5.69 Å². The van der Waals surface area contributed by atoms with E-state index in [1.54, 1.807) is 60.7 Å². The van der Waals surface area contributed by atoms with Gasteiger partial charge in [0.15, 0.2) is 0 Å². The third-order valence-corrected chi connectivity index (χ3v) is 9.45. The van der Waals surface area contributed by atoms with Crippen LogP contribution in [0.5, 0.6) is 0 Å². The zero-order valence-electron chi connectivity index (χ0n) is 22.5. The van der Waals surface area contributed by atoms with Gasteiger partial charge in [0, 0.05) is 17.1 Å². The molecule has 0 bridgehead atoms. The first kappa shape index (κ1) is 31.9. The molecule has 2 atom stereocenters. The Labute approximate surface area is 254 Å². The lowest BCUT2D eigenvalue weighted by molar-refractivity contribution is -0.140. The molecule has 3 aromatic carbocycles. The number of hydrogen-bond donors (Lipinski definition) is 1. The Balaban J connectivity index is 2.07. The van der Waals surface area contributed by atoms with Gasteiger partial charge in [-0.15, -0.1) is 0 Å². The third-order valence-electron chi connectivity index (χ3n) is 6.43. The lowest BCUT2D eigenvalue weighted by Gasteiger charge is -2.33. The lowest BCUT2D eigenvalue weighted by Crippen LogP contribution is -2.53. The molecule has 214 valence electrons. The van der Waals surface area contributed by atoms with E-state index in [0.29, 0.717) is 32.2 Å². The molecule has 0 radical (unpaired) electrons. The van der Waals surface area contributed by atoms with Crippen molar-refractivity contribution in [1.29, 1.82) is 0 Å². The Morgan fingerprint density at radius 3 is 2.23 bits per heavy atom. The molecule has 1 N–H and O–H groups in total. The van der Waals surface area contributed by atoms with Gasteiger partial charge in [0.2, 0.25) is 11.8 Å². The second-order valence-corrected chi connectivity index (χ2v) is 12.9. The van der Waals surface area contributed by atoms with Gasteiger partial charge >= 0.3 is 0 Å². The van der Waals surface area contributed by atoms with Crippen molar-refractivity contribution in [3.8, 4) is 0 Å². The van der Waals surface area contributed by atoms with Crippen LogP contribution in [0, 0.1) is 0 Å². The lowest BCUT2D eigenvalue weighted by atomic mass is 10.1. The minimum absolute atomic E-state index is 0.0276. The Morgan fingerprint density at radius 1 is 0.925 bits per heavy atom. The summed E-state index contributed by atoms with van der Waals surface area (Å²) in [5.74, 6) is -0.859. The first-order valence-corrected chi connectivity index (χ1v) is 15.8. The maximum Gasteiger partial charge on any atom is 0.264 e. The van der Waals surface area contributed by atoms with Crippen LogP contribution < -0.4 is 9.62 Å². The van der Waals surface area contributed by atoms with Crippen LogP contribution >= 0.6 is 39.1 Å². The molecule has 0 heterocycles. The highest BCUT2D eigenvalue weighted by Gasteiger charge is 2.34. The quantitative estimate of drug-likeness (QED) is 0.234. The van der Waals surface area contributed by atoms with E-state index in [9.17, 15) is 18.0 Å². The molecule has 0 unspecified atom stereocenters. The van der Waals surface area contributed by atoms with Crippen LogP contribution in [-0.2, 0) is 26.2 Å². The Morgan fingerprint density at radius 2 is 1.62 bits per heavy atom. The van der Waals surface area contributed by atoms with Gasteiger partial charge in [0.1, 0.15) is 12.6 Å². The van der Waals surface area contributed by atoms with Crippen molar-refractivity contribution in [1.82, 2.24) is 10.2 Å². The molecule has 40 heavy (non-hydrogen) atoms. The highest BCUT2D eigenvalue weighted by molar-refractivity contribution is 9.10. The molecular weight excluding hydrogens is 637 g/mol. The fourth-order valence-corrected chi connectivity index (χ4v) is 6.21. The zero-order valence-corrected chi connectivity index (χ0v) is 26.4. The number of carbonyl (C=O) groups is 2. The molecule has 11 heteroatoms. The SMILES string of the molecule is CC[C@H](C(=O)N[C@@H](C)CC)N(Cc1ccc(Cl)c(Cl)c1)C(=O)CN(c1cccc(Br)c1)S(=O)(=O)c1ccccc1. The minimum Gasteiger partial charge on any atom is -0.352 e. The number of rotatable bonds is 12. The fraction of sp³-hybridized carbons (Fsp3) is 0.310. The summed E-state index contributed by atoms with van der Waals surface area (Å²) in [5, 5.41) is 3.62. The molecule has 0 spiro atoms. The second-order valence-electron chi connectivity index (χ2n) is 9.32. The summed E-state index contributed by atoms with van der Waals surface area (Å²) in [6.07, 6.45) is 1.03. The molecule has 3 rings (SSSR count). The van der Waals surface area contributed by atoms with Crippen LogP contribution in [0.2, 0.25) is 10.0 Å². The number of nitrogens with zero attached hydrogens (tertiary/aromatic N) is 2. The van der Waals surface area contributed by atoms with E-state index in [1.807, 2.05) is 20.8 Å². The van der Waals surface area contributed by atoms with Gasteiger partial charge in [-0.05, 0) is 67.8 Å². The minimum atomic E-state index is -4.13. The predicted octanol–water partition coefficient (Wildman–Crippen LogP) is 6.67. The standard InChI is InChI=1S/C29H32BrCl2N3O4S/c1-4-20(3)33-29(37)27(5-2)34(18-21-14-15-25(31)26(32)16-21)28(36)19-35(23-11-9-10-22(30)17-23)40(38,39)24-12-7-6-8-13-24/h6-17,20,27H,4-5,18-19H2,1-3H3,(H,33,37)/t20-,27+/m0/s1. The summed E-state index contributed by atoms with van der Waals surface area (Å²) in [6.45, 7) is 5.15. The summed E-state index contributed by atoms with van der Waals surface area (Å²) in [7, 11) is -4.13. The molecule has 0 aliphatic heterocycles. The van der Waals surface area contributed by atoms with E-state index in [1.165, 1.54) is 17.0 Å². The number of halogens is 3. The van der Waals surface area contributed by atoms with Crippen LogP contribution in [-0.4, -0.2) is 43.8 Å². The van der Waals surface area contributed by atoms with Crippen molar-refractivity contribution in [3.05, 3.63) is 92.9 Å². The smallest absolute Gasteiger partial charge is 0.264 e. The molecule has 3 aromatic rings. The molecule has 0 saturated carbocycles. The number of carbonyl (C=O) groups excluding carboxylic acids is 2. The monoisotopic (exact) mass is 667 g/mol. The average molecular weight is 669 g/mol. The number of anilines is 1. The molecule has 0 aliphatic rings. The maximum atomic E-state index is 14.1. The van der Waals surface area contributed by atoms with Crippen molar-refractivity contribution in [2.24, 2.45) is 0 Å². The Bertz CT molecular complexity index is 1440. The molecule has 7 nitrogen and oxygen atoms in total.